The molecule has 25 heavy (non-hydrogen) atoms. The second-order valence-electron chi connectivity index (χ2n) is 6.54. The van der Waals surface area contributed by atoms with Crippen LogP contribution in [0.4, 0.5) is 10.1 Å². The van der Waals surface area contributed by atoms with Gasteiger partial charge in [0.15, 0.2) is 0 Å². The van der Waals surface area contributed by atoms with Gasteiger partial charge < -0.3 is 15.3 Å². The predicted molar refractivity (Wildman–Crippen MR) is 95.9 cm³/mol. The van der Waals surface area contributed by atoms with Crippen molar-refractivity contribution >= 4 is 11.6 Å². The maximum absolute atomic E-state index is 13.2. The Balaban J connectivity index is 1.55. The normalized spacial score (nSPS) is 14.8. The molecule has 3 rings (SSSR count). The van der Waals surface area contributed by atoms with E-state index in [2.05, 4.69) is 29.4 Å². The Labute approximate surface area is 147 Å². The van der Waals surface area contributed by atoms with Crippen LogP contribution < -0.4 is 10.2 Å². The third-order valence-electron chi connectivity index (χ3n) is 4.60. The molecule has 2 aromatic rings. The number of hydrogen-bond acceptors (Lipinski definition) is 3. The fraction of sp³-hybridized carbons (Fsp3) is 0.350. The van der Waals surface area contributed by atoms with Crippen molar-refractivity contribution in [1.82, 2.24) is 5.32 Å². The molecular formula is C20H23FN2O2. The molecule has 1 aliphatic heterocycles. The van der Waals surface area contributed by atoms with Crippen LogP contribution >= 0.6 is 0 Å². The van der Waals surface area contributed by atoms with E-state index < -0.39 is 11.9 Å². The average Bonchev–Trinajstić information content (AvgIpc) is 2.60. The summed E-state index contributed by atoms with van der Waals surface area (Å²) in [6, 6.07) is 11.9. The molecule has 0 fully saturated rings. The number of nitrogens with zero attached hydrogens (tertiary/aromatic N) is 1. The monoisotopic (exact) mass is 342 g/mol. The van der Waals surface area contributed by atoms with Gasteiger partial charge in [-0.3, -0.25) is 4.79 Å². The summed E-state index contributed by atoms with van der Waals surface area (Å²) < 4.78 is 13.2. The van der Waals surface area contributed by atoms with E-state index in [0.29, 0.717) is 12.1 Å². The van der Waals surface area contributed by atoms with Crippen LogP contribution in [0.25, 0.3) is 0 Å². The van der Waals surface area contributed by atoms with Crippen molar-refractivity contribution in [3.05, 3.63) is 65.0 Å². The number of carbonyl (C=O) groups is 1. The van der Waals surface area contributed by atoms with Gasteiger partial charge in [-0.15, -0.1) is 0 Å². The molecule has 1 heterocycles. The van der Waals surface area contributed by atoms with E-state index in [1.807, 2.05) is 6.07 Å². The van der Waals surface area contributed by atoms with Crippen molar-refractivity contribution in [3.8, 4) is 0 Å². The van der Waals surface area contributed by atoms with E-state index >= 15 is 0 Å². The van der Waals surface area contributed by atoms with Gasteiger partial charge in [0.2, 0.25) is 5.91 Å². The molecule has 0 radical (unpaired) electrons. The lowest BCUT2D eigenvalue weighted by atomic mass is 9.99. The number of nitrogens with one attached hydrogen (secondary N) is 1. The van der Waals surface area contributed by atoms with Gasteiger partial charge in [-0.05, 0) is 47.7 Å². The van der Waals surface area contributed by atoms with Gasteiger partial charge in [-0.2, -0.15) is 0 Å². The van der Waals surface area contributed by atoms with E-state index in [1.54, 1.807) is 6.07 Å². The van der Waals surface area contributed by atoms with E-state index in [4.69, 9.17) is 0 Å². The highest BCUT2D eigenvalue weighted by Crippen LogP contribution is 2.26. The molecule has 0 aromatic heterocycles. The summed E-state index contributed by atoms with van der Waals surface area (Å²) >= 11 is 0. The van der Waals surface area contributed by atoms with Crippen molar-refractivity contribution in [2.24, 2.45) is 0 Å². The van der Waals surface area contributed by atoms with Crippen LogP contribution in [-0.2, 0) is 17.8 Å². The molecule has 0 aliphatic carbocycles. The van der Waals surface area contributed by atoms with Gasteiger partial charge in [0.1, 0.15) is 5.82 Å². The van der Waals surface area contributed by atoms with Crippen LogP contribution in [0.5, 0.6) is 0 Å². The smallest absolute Gasteiger partial charge is 0.223 e. The zero-order valence-corrected chi connectivity index (χ0v) is 14.3. The molecule has 132 valence electrons. The summed E-state index contributed by atoms with van der Waals surface area (Å²) in [7, 11) is 2.09. The number of amides is 1. The summed E-state index contributed by atoms with van der Waals surface area (Å²) in [6.07, 6.45) is 1.10. The van der Waals surface area contributed by atoms with Gasteiger partial charge in [-0.1, -0.05) is 24.3 Å². The van der Waals surface area contributed by atoms with E-state index in [9.17, 15) is 14.3 Å². The van der Waals surface area contributed by atoms with E-state index in [1.165, 1.54) is 29.4 Å². The van der Waals surface area contributed by atoms with Gasteiger partial charge in [0.25, 0.3) is 0 Å². The Morgan fingerprint density at radius 2 is 2.16 bits per heavy atom. The van der Waals surface area contributed by atoms with E-state index in [-0.39, 0.29) is 12.3 Å². The highest BCUT2D eigenvalue weighted by atomic mass is 19.1. The van der Waals surface area contributed by atoms with E-state index in [0.717, 1.165) is 24.9 Å². The molecule has 2 N–H and O–H groups in total. The number of halogens is 1. The summed E-state index contributed by atoms with van der Waals surface area (Å²) in [4.78, 5) is 14.3. The molecule has 1 amide bonds. The van der Waals surface area contributed by atoms with Crippen LogP contribution in [0.15, 0.2) is 42.5 Å². The van der Waals surface area contributed by atoms with Crippen LogP contribution in [0.3, 0.4) is 0 Å². The second kappa shape index (κ2) is 7.66. The summed E-state index contributed by atoms with van der Waals surface area (Å²) in [5.41, 5.74) is 4.01. The SMILES string of the molecule is CN1CCCc2cc(CNC(=O)CC(O)c3cccc(F)c3)ccc21. The molecule has 2 aromatic carbocycles. The Hall–Kier alpha value is -2.40. The van der Waals surface area contributed by atoms with Crippen molar-refractivity contribution in [1.29, 1.82) is 0 Å². The minimum absolute atomic E-state index is 0.0862. The third kappa shape index (κ3) is 4.37. The molecule has 5 heteroatoms. The second-order valence-corrected chi connectivity index (χ2v) is 6.54. The summed E-state index contributed by atoms with van der Waals surface area (Å²) in [5, 5.41) is 12.9. The molecule has 0 saturated carbocycles. The largest absolute Gasteiger partial charge is 0.388 e. The average molecular weight is 342 g/mol. The van der Waals surface area contributed by atoms with Crippen LogP contribution in [-0.4, -0.2) is 24.6 Å². The van der Waals surface area contributed by atoms with Crippen LogP contribution in [0, 0.1) is 5.82 Å². The van der Waals surface area contributed by atoms with Gasteiger partial charge in [-0.25, -0.2) is 4.39 Å². The number of aryl methyl sites for hydroxylation is 1. The zero-order valence-electron chi connectivity index (χ0n) is 14.3. The van der Waals surface area contributed by atoms with Gasteiger partial charge in [0, 0.05) is 25.8 Å². The number of hydrogen-bond donors (Lipinski definition) is 2. The Morgan fingerprint density at radius 1 is 1.32 bits per heavy atom. The Bertz CT molecular complexity index is 763. The molecule has 1 unspecified atom stereocenters. The fourth-order valence-electron chi connectivity index (χ4n) is 3.23. The summed E-state index contributed by atoms with van der Waals surface area (Å²) in [6.45, 7) is 1.49. The standard InChI is InChI=1S/C20H23FN2O2/c1-23-9-3-5-15-10-14(7-8-18(15)23)13-22-20(25)12-19(24)16-4-2-6-17(21)11-16/h2,4,6-8,10-11,19,24H,3,5,9,12-13H2,1H3,(H,22,25). The molecule has 1 atom stereocenters. The first-order valence-electron chi connectivity index (χ1n) is 8.56. The van der Waals surface area contributed by atoms with Crippen LogP contribution in [0.1, 0.15) is 35.6 Å². The van der Waals surface area contributed by atoms with Crippen molar-refractivity contribution in [2.45, 2.75) is 31.9 Å². The molecule has 4 nitrogen and oxygen atoms in total. The molecular weight excluding hydrogens is 319 g/mol. The first-order valence-corrected chi connectivity index (χ1v) is 8.56. The lowest BCUT2D eigenvalue weighted by Crippen LogP contribution is -2.26. The first-order chi connectivity index (χ1) is 12.0. The molecule has 1 aliphatic rings. The molecule has 0 bridgehead atoms. The Kier molecular flexibility index (Phi) is 5.34. The number of benzene rings is 2. The quantitative estimate of drug-likeness (QED) is 0.878. The number of rotatable bonds is 5. The Morgan fingerprint density at radius 3 is 2.96 bits per heavy atom. The lowest BCUT2D eigenvalue weighted by molar-refractivity contribution is -0.123. The highest BCUT2D eigenvalue weighted by molar-refractivity contribution is 5.76. The third-order valence-corrected chi connectivity index (χ3v) is 4.60. The van der Waals surface area contributed by atoms with Gasteiger partial charge in [0.05, 0.1) is 12.5 Å². The highest BCUT2D eigenvalue weighted by Gasteiger charge is 2.15. The number of fused-ring (bicyclic) bond motifs is 1. The number of anilines is 1. The van der Waals surface area contributed by atoms with Gasteiger partial charge >= 0.3 is 0 Å². The number of aliphatic hydroxyl groups is 1. The molecule has 0 saturated heterocycles. The minimum Gasteiger partial charge on any atom is -0.388 e. The lowest BCUT2D eigenvalue weighted by Gasteiger charge is -2.27. The number of carbonyl (C=O) groups excluding carboxylic acids is 1. The fourth-order valence-corrected chi connectivity index (χ4v) is 3.23. The number of aliphatic hydroxyl groups excluding tert-OH is 1. The predicted octanol–water partition coefficient (Wildman–Crippen LogP) is 2.95. The maximum Gasteiger partial charge on any atom is 0.223 e. The minimum atomic E-state index is -1.01. The van der Waals surface area contributed by atoms with Crippen molar-refractivity contribution in [2.75, 3.05) is 18.5 Å². The van der Waals surface area contributed by atoms with Crippen molar-refractivity contribution in [3.63, 3.8) is 0 Å². The molecule has 0 spiro atoms. The van der Waals surface area contributed by atoms with Crippen molar-refractivity contribution < 1.29 is 14.3 Å². The van der Waals surface area contributed by atoms with Crippen LogP contribution in [0.2, 0.25) is 0 Å². The topological polar surface area (TPSA) is 52.6 Å². The maximum atomic E-state index is 13.2. The zero-order chi connectivity index (χ0) is 17.8. The summed E-state index contributed by atoms with van der Waals surface area (Å²) in [5.74, 6) is -0.678. The first kappa shape index (κ1) is 17.4.